The SMILES string of the molecule is Cc1c(CC(N)C(=O)O)c2c([N+](=O)[O-])c(O)ccc2n1C.Cc1c(CC(N)C(=O)O)c2cc(O)ccc2n1C.Cc1cc2cc(O)ccc2n1C. The minimum Gasteiger partial charge on any atom is -0.508 e. The van der Waals surface area contributed by atoms with E-state index in [1.807, 2.05) is 37.7 Å². The lowest BCUT2D eigenvalue weighted by molar-refractivity contribution is -0.384. The first kappa shape index (κ1) is 37.8. The Morgan fingerprint density at radius 3 is 1.78 bits per heavy atom. The topological polar surface area (TPSA) is 245 Å². The van der Waals surface area contributed by atoms with Gasteiger partial charge in [-0.15, -0.1) is 0 Å². The van der Waals surface area contributed by atoms with Crippen molar-refractivity contribution in [3.05, 3.63) is 92.9 Å². The molecule has 0 radical (unpaired) electrons. The van der Waals surface area contributed by atoms with Crippen molar-refractivity contribution >= 4 is 50.3 Å². The van der Waals surface area contributed by atoms with Crippen molar-refractivity contribution in [2.75, 3.05) is 0 Å². The highest BCUT2D eigenvalue weighted by molar-refractivity contribution is 5.96. The molecule has 0 aliphatic heterocycles. The van der Waals surface area contributed by atoms with E-state index < -0.39 is 40.4 Å². The molecular formula is C36H42N6O9. The molecule has 0 saturated heterocycles. The molecule has 2 atom stereocenters. The van der Waals surface area contributed by atoms with Gasteiger partial charge in [0.05, 0.1) is 15.8 Å². The summed E-state index contributed by atoms with van der Waals surface area (Å²) in [6.45, 7) is 5.70. The van der Waals surface area contributed by atoms with Gasteiger partial charge in [0, 0.05) is 72.9 Å². The molecule has 0 spiro atoms. The second-order valence-electron chi connectivity index (χ2n) is 12.4. The summed E-state index contributed by atoms with van der Waals surface area (Å²) in [5.41, 5.74) is 17.5. The van der Waals surface area contributed by atoms with Crippen molar-refractivity contribution in [3.8, 4) is 17.2 Å². The molecule has 9 N–H and O–H groups in total. The minimum absolute atomic E-state index is 0.0528. The second-order valence-corrected chi connectivity index (χ2v) is 12.4. The van der Waals surface area contributed by atoms with Crippen molar-refractivity contribution in [2.45, 2.75) is 45.7 Å². The van der Waals surface area contributed by atoms with E-state index >= 15 is 0 Å². The predicted molar refractivity (Wildman–Crippen MR) is 193 cm³/mol. The van der Waals surface area contributed by atoms with Crippen molar-refractivity contribution < 1.29 is 40.0 Å². The summed E-state index contributed by atoms with van der Waals surface area (Å²) in [4.78, 5) is 32.3. The molecule has 270 valence electrons. The van der Waals surface area contributed by atoms with Gasteiger partial charge in [-0.05, 0) is 86.5 Å². The molecule has 51 heavy (non-hydrogen) atoms. The van der Waals surface area contributed by atoms with Gasteiger partial charge in [-0.25, -0.2) is 0 Å². The van der Waals surface area contributed by atoms with E-state index in [-0.39, 0.29) is 24.0 Å². The van der Waals surface area contributed by atoms with Crippen molar-refractivity contribution in [1.82, 2.24) is 13.7 Å². The van der Waals surface area contributed by atoms with Gasteiger partial charge in [-0.2, -0.15) is 0 Å². The summed E-state index contributed by atoms with van der Waals surface area (Å²) in [6.07, 6.45) is 0.199. The van der Waals surface area contributed by atoms with Gasteiger partial charge in [0.1, 0.15) is 23.6 Å². The first-order chi connectivity index (χ1) is 23.8. The van der Waals surface area contributed by atoms with E-state index in [0.29, 0.717) is 22.5 Å². The third-order valence-corrected chi connectivity index (χ3v) is 9.28. The van der Waals surface area contributed by atoms with Crippen LogP contribution in [0.5, 0.6) is 17.2 Å². The molecule has 0 aliphatic carbocycles. The monoisotopic (exact) mass is 702 g/mol. The zero-order valence-electron chi connectivity index (χ0n) is 29.1. The molecule has 15 heteroatoms. The average Bonchev–Trinajstić information content (AvgIpc) is 3.57. The van der Waals surface area contributed by atoms with Gasteiger partial charge in [-0.1, -0.05) is 0 Å². The molecule has 0 saturated carbocycles. The Balaban J connectivity index is 0.000000177. The quantitative estimate of drug-likeness (QED) is 0.0908. The average molecular weight is 703 g/mol. The number of phenolic OH excluding ortho intramolecular Hbond substituents is 3. The Morgan fingerprint density at radius 2 is 1.22 bits per heavy atom. The first-order valence-corrected chi connectivity index (χ1v) is 15.8. The molecule has 0 bridgehead atoms. The molecular weight excluding hydrogens is 660 g/mol. The van der Waals surface area contributed by atoms with Crippen LogP contribution in [0.1, 0.15) is 28.2 Å². The van der Waals surface area contributed by atoms with Gasteiger partial charge in [0.2, 0.25) is 0 Å². The van der Waals surface area contributed by atoms with Crippen LogP contribution in [-0.4, -0.2) is 68.2 Å². The summed E-state index contributed by atoms with van der Waals surface area (Å²) < 4.78 is 5.79. The number of fused-ring (bicyclic) bond motifs is 3. The lowest BCUT2D eigenvalue weighted by atomic mass is 10.0. The smallest absolute Gasteiger partial charge is 0.320 e. The van der Waals surface area contributed by atoms with Crippen molar-refractivity contribution in [1.29, 1.82) is 0 Å². The Morgan fingerprint density at radius 1 is 0.725 bits per heavy atom. The van der Waals surface area contributed by atoms with Gasteiger partial charge in [0.25, 0.3) is 0 Å². The van der Waals surface area contributed by atoms with Crippen LogP contribution in [0.15, 0.2) is 54.6 Å². The molecule has 6 aromatic rings. The molecule has 6 rings (SSSR count). The maximum atomic E-state index is 11.2. The number of nitro groups is 1. The fourth-order valence-corrected chi connectivity index (χ4v) is 6.13. The number of aliphatic carboxylic acids is 2. The van der Waals surface area contributed by atoms with E-state index in [9.17, 15) is 35.0 Å². The fraction of sp³-hybridized carbons (Fsp3) is 0.278. The van der Waals surface area contributed by atoms with E-state index in [2.05, 4.69) is 17.6 Å². The maximum Gasteiger partial charge on any atom is 0.320 e. The van der Waals surface area contributed by atoms with Gasteiger partial charge in [0.15, 0.2) is 5.75 Å². The Labute approximate surface area is 292 Å². The maximum absolute atomic E-state index is 11.2. The third-order valence-electron chi connectivity index (χ3n) is 9.28. The lowest BCUT2D eigenvalue weighted by Gasteiger charge is -2.07. The largest absolute Gasteiger partial charge is 0.508 e. The Bertz CT molecular complexity index is 2300. The molecule has 3 aromatic heterocycles. The summed E-state index contributed by atoms with van der Waals surface area (Å²) in [6, 6.07) is 13.3. The van der Waals surface area contributed by atoms with Gasteiger partial charge in [-0.3, -0.25) is 19.7 Å². The fourth-order valence-electron chi connectivity index (χ4n) is 6.13. The number of nitrogens with two attached hydrogens (primary N) is 2. The number of nitrogens with zero attached hydrogens (tertiary/aromatic N) is 4. The molecule has 0 amide bonds. The van der Waals surface area contributed by atoms with Crippen LogP contribution < -0.4 is 11.5 Å². The summed E-state index contributed by atoms with van der Waals surface area (Å²) in [7, 11) is 5.65. The Hall–Kier alpha value is -6.06. The van der Waals surface area contributed by atoms with Crippen LogP contribution in [0.2, 0.25) is 0 Å². The lowest BCUT2D eigenvalue weighted by Crippen LogP contribution is -2.32. The number of hydrogen-bond acceptors (Lipinski definition) is 9. The molecule has 0 aliphatic rings. The number of carboxylic acids is 2. The number of hydrogen-bond donors (Lipinski definition) is 7. The second kappa shape index (κ2) is 14.8. The van der Waals surface area contributed by atoms with E-state index in [1.54, 1.807) is 48.9 Å². The van der Waals surface area contributed by atoms with Crippen LogP contribution in [-0.2, 0) is 43.6 Å². The summed E-state index contributed by atoms with van der Waals surface area (Å²) in [5.74, 6) is -2.17. The molecule has 3 aromatic carbocycles. The van der Waals surface area contributed by atoms with Crippen LogP contribution in [0.3, 0.4) is 0 Å². The number of benzene rings is 3. The number of nitro benzene ring substituents is 1. The van der Waals surface area contributed by atoms with Crippen LogP contribution in [0.4, 0.5) is 5.69 Å². The number of rotatable bonds is 7. The Kier molecular flexibility index (Phi) is 11.0. The normalized spacial score (nSPS) is 12.2. The highest BCUT2D eigenvalue weighted by Crippen LogP contribution is 2.39. The predicted octanol–water partition coefficient (Wildman–Crippen LogP) is 4.39. The zero-order valence-corrected chi connectivity index (χ0v) is 29.1. The van der Waals surface area contributed by atoms with Crippen LogP contribution in [0, 0.1) is 30.9 Å². The molecule has 0 fully saturated rings. The van der Waals surface area contributed by atoms with E-state index in [1.165, 1.54) is 11.8 Å². The van der Waals surface area contributed by atoms with Crippen molar-refractivity contribution in [3.63, 3.8) is 0 Å². The van der Waals surface area contributed by atoms with Crippen molar-refractivity contribution in [2.24, 2.45) is 32.6 Å². The summed E-state index contributed by atoms with van der Waals surface area (Å²) >= 11 is 0. The van der Waals surface area contributed by atoms with Crippen LogP contribution in [0.25, 0.3) is 32.7 Å². The first-order valence-electron chi connectivity index (χ1n) is 15.8. The number of aromatic nitrogens is 3. The number of aromatic hydroxyl groups is 3. The van der Waals surface area contributed by atoms with Crippen LogP contribution >= 0.6 is 0 Å². The molecule has 15 nitrogen and oxygen atoms in total. The highest BCUT2D eigenvalue weighted by atomic mass is 16.6. The van der Waals surface area contributed by atoms with Gasteiger partial charge >= 0.3 is 17.6 Å². The molecule has 2 unspecified atom stereocenters. The third kappa shape index (κ3) is 7.59. The number of carboxylic acid groups (broad SMARTS) is 2. The highest BCUT2D eigenvalue weighted by Gasteiger charge is 2.27. The summed E-state index contributed by atoms with van der Waals surface area (Å²) in [5, 5.41) is 59.7. The number of carbonyl (C=O) groups is 2. The molecule has 3 heterocycles. The zero-order chi connectivity index (χ0) is 38.1. The van der Waals surface area contributed by atoms with E-state index in [4.69, 9.17) is 21.7 Å². The van der Waals surface area contributed by atoms with Gasteiger partial charge < -0.3 is 50.7 Å². The standard InChI is InChI=1S/C13H15N3O5.C13H16N2O3.C10H11NO/c1-6-7(5-8(14)13(18)19)11-9(15(6)2)3-4-10(17)12(11)16(20)21;1-7-9(6-11(14)13(17)18)10-5-8(16)3-4-12(10)15(7)2;1-7-5-8-6-9(12)3-4-10(8)11(7)2/h3-4,8,17H,5,14H2,1-2H3,(H,18,19);3-5,11,16H,6,14H2,1-2H3,(H,17,18);3-6,12H,1-2H3. The number of aryl methyl sites for hydroxylation is 4. The van der Waals surface area contributed by atoms with E-state index in [0.717, 1.165) is 33.1 Å². The number of phenols is 3. The minimum atomic E-state index is -1.19.